The molecule has 0 spiro atoms. The number of aliphatic hydroxyl groups excluding tert-OH is 1. The van der Waals surface area contributed by atoms with Crippen LogP contribution in [0.3, 0.4) is 0 Å². The highest BCUT2D eigenvalue weighted by Crippen LogP contribution is 2.12. The summed E-state index contributed by atoms with van der Waals surface area (Å²) in [5.41, 5.74) is 0.986. The zero-order chi connectivity index (χ0) is 15.4. The van der Waals surface area contributed by atoms with E-state index in [1.807, 2.05) is 30.3 Å². The van der Waals surface area contributed by atoms with Crippen LogP contribution in [0.25, 0.3) is 5.69 Å². The number of aromatic nitrogens is 3. The smallest absolute Gasteiger partial charge is 0.273 e. The van der Waals surface area contributed by atoms with Gasteiger partial charge in [-0.3, -0.25) is 4.79 Å². The first-order valence-electron chi connectivity index (χ1n) is 6.71. The molecule has 2 N–H and O–H groups in total. The van der Waals surface area contributed by atoms with Gasteiger partial charge in [0.25, 0.3) is 5.91 Å². The molecule has 0 fully saturated rings. The zero-order valence-electron chi connectivity index (χ0n) is 11.6. The molecule has 0 aliphatic heterocycles. The molecule has 3 rings (SSSR count). The highest BCUT2D eigenvalue weighted by molar-refractivity contribution is 5.91. The Balaban J connectivity index is 1.62. The van der Waals surface area contributed by atoms with E-state index >= 15 is 0 Å². The third kappa shape index (κ3) is 3.04. The van der Waals surface area contributed by atoms with Gasteiger partial charge in [-0.2, -0.15) is 0 Å². The molecule has 7 heteroatoms. The van der Waals surface area contributed by atoms with Crippen molar-refractivity contribution in [3.05, 3.63) is 66.4 Å². The minimum Gasteiger partial charge on any atom is -0.467 e. The van der Waals surface area contributed by atoms with Gasteiger partial charge in [-0.05, 0) is 24.3 Å². The van der Waals surface area contributed by atoms with Crippen LogP contribution in [0.2, 0.25) is 0 Å². The van der Waals surface area contributed by atoms with Crippen LogP contribution in [-0.4, -0.2) is 32.6 Å². The van der Waals surface area contributed by atoms with Crippen LogP contribution in [0.1, 0.15) is 22.4 Å². The Kier molecular flexibility index (Phi) is 3.97. The van der Waals surface area contributed by atoms with Crippen LogP contribution in [0.5, 0.6) is 0 Å². The fourth-order valence-electron chi connectivity index (χ4n) is 1.94. The van der Waals surface area contributed by atoms with Gasteiger partial charge in [-0.15, -0.1) is 5.10 Å². The molecule has 1 amide bonds. The number of rotatable bonds is 5. The topological polar surface area (TPSA) is 93.2 Å². The summed E-state index contributed by atoms with van der Waals surface area (Å²) >= 11 is 0. The fraction of sp³-hybridized carbons (Fsp3) is 0.133. The molecule has 2 aromatic heterocycles. The lowest BCUT2D eigenvalue weighted by Crippen LogP contribution is -2.28. The molecular weight excluding hydrogens is 284 g/mol. The van der Waals surface area contributed by atoms with E-state index in [1.165, 1.54) is 17.1 Å². The van der Waals surface area contributed by atoms with Crippen LogP contribution in [-0.2, 0) is 0 Å². The van der Waals surface area contributed by atoms with E-state index < -0.39 is 12.0 Å². The summed E-state index contributed by atoms with van der Waals surface area (Å²) in [5, 5.41) is 20.2. The first kappa shape index (κ1) is 14.0. The van der Waals surface area contributed by atoms with E-state index in [0.717, 1.165) is 5.69 Å². The number of amides is 1. The third-order valence-electron chi connectivity index (χ3n) is 3.07. The van der Waals surface area contributed by atoms with Crippen molar-refractivity contribution in [1.82, 2.24) is 20.3 Å². The van der Waals surface area contributed by atoms with Crippen molar-refractivity contribution >= 4 is 5.91 Å². The van der Waals surface area contributed by atoms with Crippen LogP contribution in [0.4, 0.5) is 0 Å². The molecule has 0 radical (unpaired) electrons. The molecule has 1 unspecified atom stereocenters. The Hall–Kier alpha value is -2.93. The number of nitrogens with zero attached hydrogens (tertiary/aromatic N) is 3. The highest BCUT2D eigenvalue weighted by atomic mass is 16.4. The minimum absolute atomic E-state index is 0.0323. The van der Waals surface area contributed by atoms with Crippen molar-refractivity contribution in [3.63, 3.8) is 0 Å². The number of hydrogen-bond donors (Lipinski definition) is 2. The molecule has 22 heavy (non-hydrogen) atoms. The lowest BCUT2D eigenvalue weighted by Gasteiger charge is -2.08. The molecule has 0 saturated heterocycles. The summed E-state index contributed by atoms with van der Waals surface area (Å²) in [6, 6.07) is 12.7. The Morgan fingerprint density at radius 3 is 2.82 bits per heavy atom. The summed E-state index contributed by atoms with van der Waals surface area (Å²) in [4.78, 5) is 12.0. The first-order chi connectivity index (χ1) is 10.7. The predicted molar refractivity (Wildman–Crippen MR) is 77.4 cm³/mol. The predicted octanol–water partition coefficient (Wildman–Crippen LogP) is 1.32. The van der Waals surface area contributed by atoms with Crippen LogP contribution >= 0.6 is 0 Å². The molecule has 0 saturated carbocycles. The van der Waals surface area contributed by atoms with E-state index in [1.54, 1.807) is 12.1 Å². The molecule has 0 aliphatic rings. The molecule has 7 nitrogen and oxygen atoms in total. The molecule has 3 aromatic rings. The Morgan fingerprint density at radius 2 is 2.09 bits per heavy atom. The van der Waals surface area contributed by atoms with Gasteiger partial charge < -0.3 is 14.8 Å². The van der Waals surface area contributed by atoms with Gasteiger partial charge in [0.05, 0.1) is 24.7 Å². The van der Waals surface area contributed by atoms with Gasteiger partial charge in [0.1, 0.15) is 11.9 Å². The van der Waals surface area contributed by atoms with Crippen LogP contribution in [0, 0.1) is 0 Å². The van der Waals surface area contributed by atoms with Crippen molar-refractivity contribution in [2.45, 2.75) is 6.10 Å². The second kappa shape index (κ2) is 6.23. The maximum Gasteiger partial charge on any atom is 0.273 e. The quantitative estimate of drug-likeness (QED) is 0.741. The number of para-hydroxylation sites is 1. The number of carbonyl (C=O) groups is 1. The van der Waals surface area contributed by atoms with Gasteiger partial charge in [-0.1, -0.05) is 23.4 Å². The average molecular weight is 298 g/mol. The molecule has 0 aliphatic carbocycles. The lowest BCUT2D eigenvalue weighted by atomic mass is 10.2. The number of benzene rings is 1. The molecule has 1 atom stereocenters. The number of furan rings is 1. The number of aliphatic hydroxyl groups is 1. The van der Waals surface area contributed by atoms with Crippen molar-refractivity contribution in [2.75, 3.05) is 6.54 Å². The van der Waals surface area contributed by atoms with E-state index in [4.69, 9.17) is 4.42 Å². The van der Waals surface area contributed by atoms with Crippen molar-refractivity contribution < 1.29 is 14.3 Å². The van der Waals surface area contributed by atoms with Crippen LogP contribution in [0.15, 0.2) is 59.3 Å². The summed E-state index contributed by atoms with van der Waals surface area (Å²) in [7, 11) is 0. The van der Waals surface area contributed by atoms with Gasteiger partial charge in [0.15, 0.2) is 5.69 Å². The summed E-state index contributed by atoms with van der Waals surface area (Å²) in [6.45, 7) is 0.0323. The number of nitrogens with one attached hydrogen (secondary N) is 1. The number of hydrogen-bond acceptors (Lipinski definition) is 5. The molecular formula is C15H14N4O3. The standard InChI is InChI=1S/C15H14N4O3/c20-13(14-7-4-8-22-14)9-16-15(21)12-10-19(18-17-12)11-5-2-1-3-6-11/h1-8,10,13,20H,9H2,(H,16,21). The van der Waals surface area contributed by atoms with Crippen molar-refractivity contribution in [2.24, 2.45) is 0 Å². The molecule has 1 aromatic carbocycles. The molecule has 0 bridgehead atoms. The van der Waals surface area contributed by atoms with Gasteiger partial charge in [0, 0.05) is 0 Å². The lowest BCUT2D eigenvalue weighted by molar-refractivity contribution is 0.0896. The first-order valence-corrected chi connectivity index (χ1v) is 6.71. The van der Waals surface area contributed by atoms with E-state index in [2.05, 4.69) is 15.6 Å². The van der Waals surface area contributed by atoms with Crippen LogP contribution < -0.4 is 5.32 Å². The van der Waals surface area contributed by atoms with Gasteiger partial charge in [0.2, 0.25) is 0 Å². The van der Waals surface area contributed by atoms with E-state index in [0.29, 0.717) is 5.76 Å². The summed E-state index contributed by atoms with van der Waals surface area (Å²) in [5.74, 6) is -0.0129. The van der Waals surface area contributed by atoms with Crippen molar-refractivity contribution in [1.29, 1.82) is 0 Å². The van der Waals surface area contributed by atoms with Gasteiger partial charge >= 0.3 is 0 Å². The molecule has 2 heterocycles. The van der Waals surface area contributed by atoms with Gasteiger partial charge in [-0.25, -0.2) is 4.68 Å². The average Bonchev–Trinajstić information content (AvgIpc) is 3.24. The monoisotopic (exact) mass is 298 g/mol. The maximum atomic E-state index is 12.0. The van der Waals surface area contributed by atoms with E-state index in [-0.39, 0.29) is 12.2 Å². The highest BCUT2D eigenvalue weighted by Gasteiger charge is 2.15. The summed E-state index contributed by atoms with van der Waals surface area (Å²) < 4.78 is 6.57. The maximum absolute atomic E-state index is 12.0. The minimum atomic E-state index is -0.900. The Morgan fingerprint density at radius 1 is 1.27 bits per heavy atom. The van der Waals surface area contributed by atoms with Crippen molar-refractivity contribution in [3.8, 4) is 5.69 Å². The van der Waals surface area contributed by atoms with E-state index in [9.17, 15) is 9.90 Å². The summed E-state index contributed by atoms with van der Waals surface area (Å²) in [6.07, 6.45) is 2.10. The number of carbonyl (C=O) groups excluding carboxylic acids is 1. The Bertz CT molecular complexity index is 737. The molecule has 112 valence electrons. The second-order valence-electron chi connectivity index (χ2n) is 4.63. The largest absolute Gasteiger partial charge is 0.467 e. The fourth-order valence-corrected chi connectivity index (χ4v) is 1.94. The normalized spacial score (nSPS) is 12.0. The second-order valence-corrected chi connectivity index (χ2v) is 4.63. The Labute approximate surface area is 126 Å². The zero-order valence-corrected chi connectivity index (χ0v) is 11.6. The SMILES string of the molecule is O=C(NCC(O)c1ccco1)c1cn(-c2ccccc2)nn1. The third-order valence-corrected chi connectivity index (χ3v) is 3.07.